The van der Waals surface area contributed by atoms with Crippen LogP contribution in [0.5, 0.6) is 23.1 Å². The molecule has 0 fully saturated rings. The molecule has 34 heavy (non-hydrogen) atoms. The number of anilines is 1. The highest BCUT2D eigenvalue weighted by atomic mass is 32.2. The van der Waals surface area contributed by atoms with Gasteiger partial charge in [-0.3, -0.25) is 4.72 Å². The number of hydrogen-bond donors (Lipinski definition) is 2. The lowest BCUT2D eigenvalue weighted by atomic mass is 10.1. The van der Waals surface area contributed by atoms with Gasteiger partial charge in [-0.2, -0.15) is 13.4 Å². The summed E-state index contributed by atoms with van der Waals surface area (Å²) >= 11 is 1.18. The molecule has 182 valence electrons. The van der Waals surface area contributed by atoms with Gasteiger partial charge in [-0.05, 0) is 35.9 Å². The average Bonchev–Trinajstić information content (AvgIpc) is 2.84. The van der Waals surface area contributed by atoms with E-state index in [9.17, 15) is 13.5 Å². The molecule has 2 heterocycles. The molecule has 0 atom stereocenters. The fourth-order valence-corrected chi connectivity index (χ4v) is 4.08. The van der Waals surface area contributed by atoms with E-state index in [2.05, 4.69) is 19.7 Å². The second-order valence-corrected chi connectivity index (χ2v) is 9.61. The number of thioether (sulfide) groups is 1. The number of methoxy groups -OCH3 is 1. The Bertz CT molecular complexity index is 1220. The molecule has 0 spiro atoms. The van der Waals surface area contributed by atoms with Gasteiger partial charge in [0.2, 0.25) is 5.75 Å². The molecule has 0 aliphatic rings. The number of rotatable bonds is 11. The number of nitrogens with zero attached hydrogens (tertiary/aromatic N) is 3. The zero-order chi connectivity index (χ0) is 24.7. The van der Waals surface area contributed by atoms with Crippen molar-refractivity contribution in [2.24, 2.45) is 0 Å². The summed E-state index contributed by atoms with van der Waals surface area (Å²) in [5.41, 5.74) is 0.908. The maximum atomic E-state index is 13.1. The van der Waals surface area contributed by atoms with E-state index in [0.29, 0.717) is 11.5 Å². The van der Waals surface area contributed by atoms with E-state index < -0.39 is 10.0 Å². The highest BCUT2D eigenvalue weighted by Gasteiger charge is 2.25. The Balaban J connectivity index is 2.08. The molecule has 0 radical (unpaired) electrons. The fraction of sp³-hybridized carbons (Fsp3) is 0.318. The molecule has 12 heteroatoms. The van der Waals surface area contributed by atoms with Crippen LogP contribution in [0.4, 0.5) is 5.82 Å². The number of nitrogens with one attached hydrogen (secondary N) is 1. The fourth-order valence-electron chi connectivity index (χ4n) is 2.79. The molecule has 0 aliphatic heterocycles. The highest BCUT2D eigenvalue weighted by molar-refractivity contribution is 7.98. The van der Waals surface area contributed by atoms with Crippen LogP contribution in [0, 0.1) is 0 Å². The second kappa shape index (κ2) is 11.4. The number of sulfonamides is 1. The summed E-state index contributed by atoms with van der Waals surface area (Å²) < 4.78 is 45.6. The van der Waals surface area contributed by atoms with E-state index >= 15 is 0 Å². The van der Waals surface area contributed by atoms with Gasteiger partial charge in [0.25, 0.3) is 15.9 Å². The van der Waals surface area contributed by atoms with E-state index in [0.717, 1.165) is 5.56 Å². The Hall–Kier alpha value is -3.09. The van der Waals surface area contributed by atoms with Gasteiger partial charge in [-0.25, -0.2) is 9.97 Å². The predicted molar refractivity (Wildman–Crippen MR) is 129 cm³/mol. The van der Waals surface area contributed by atoms with Crippen LogP contribution < -0.4 is 18.9 Å². The summed E-state index contributed by atoms with van der Waals surface area (Å²) in [5, 5.41) is 9.29. The summed E-state index contributed by atoms with van der Waals surface area (Å²) in [6, 6.07) is 9.96. The molecular formula is C22H26N4O6S2. The average molecular weight is 507 g/mol. The first kappa shape index (κ1) is 25.5. The van der Waals surface area contributed by atoms with Crippen molar-refractivity contribution in [3.8, 4) is 23.1 Å². The van der Waals surface area contributed by atoms with E-state index in [4.69, 9.17) is 14.2 Å². The summed E-state index contributed by atoms with van der Waals surface area (Å²) in [6.45, 7) is 3.62. The van der Waals surface area contributed by atoms with Crippen LogP contribution in [0.1, 0.15) is 25.3 Å². The predicted octanol–water partition coefficient (Wildman–Crippen LogP) is 3.69. The molecule has 0 bridgehead atoms. The number of hydrogen-bond acceptors (Lipinski definition) is 10. The largest absolute Gasteiger partial charge is 0.493 e. The van der Waals surface area contributed by atoms with Crippen LogP contribution in [0.15, 0.2) is 52.8 Å². The first-order valence-corrected chi connectivity index (χ1v) is 13.0. The number of aliphatic hydroxyl groups excluding tert-OH is 1. The van der Waals surface area contributed by atoms with Crippen molar-refractivity contribution in [1.82, 2.24) is 15.0 Å². The summed E-state index contributed by atoms with van der Waals surface area (Å²) in [5.74, 6) is 0.630. The smallest absolute Gasteiger partial charge is 0.280 e. The zero-order valence-corrected chi connectivity index (χ0v) is 20.8. The SMILES string of the molecule is COc1ccccc1Oc1c(NS(=O)(=O)c2ccc(C(C)C)cn2)nc(SC)nc1OCCO. The van der Waals surface area contributed by atoms with Gasteiger partial charge < -0.3 is 19.3 Å². The van der Waals surface area contributed by atoms with Gasteiger partial charge in [-0.1, -0.05) is 43.8 Å². The molecule has 1 aromatic carbocycles. The monoisotopic (exact) mass is 506 g/mol. The van der Waals surface area contributed by atoms with Crippen molar-refractivity contribution in [3.63, 3.8) is 0 Å². The van der Waals surface area contributed by atoms with Crippen LogP contribution in [-0.4, -0.2) is 55.1 Å². The molecule has 0 unspecified atom stereocenters. The number of para-hydroxylation sites is 2. The Morgan fingerprint density at radius 3 is 2.44 bits per heavy atom. The molecule has 0 aliphatic carbocycles. The minimum absolute atomic E-state index is 0.0416. The summed E-state index contributed by atoms with van der Waals surface area (Å²) in [4.78, 5) is 12.7. The van der Waals surface area contributed by atoms with Gasteiger partial charge in [-0.15, -0.1) is 0 Å². The maximum Gasteiger partial charge on any atom is 0.280 e. The minimum atomic E-state index is -4.13. The molecular weight excluding hydrogens is 480 g/mol. The first-order valence-electron chi connectivity index (χ1n) is 10.3. The van der Waals surface area contributed by atoms with Crippen LogP contribution in [0.3, 0.4) is 0 Å². The normalized spacial score (nSPS) is 11.4. The third-order valence-electron chi connectivity index (χ3n) is 4.54. The maximum absolute atomic E-state index is 13.1. The van der Waals surface area contributed by atoms with Crippen molar-refractivity contribution < 1.29 is 27.7 Å². The molecule has 0 saturated heterocycles. The number of aliphatic hydroxyl groups is 1. The molecule has 3 rings (SSSR count). The van der Waals surface area contributed by atoms with E-state index in [1.165, 1.54) is 31.1 Å². The third-order valence-corrected chi connectivity index (χ3v) is 6.34. The molecule has 2 aromatic heterocycles. The van der Waals surface area contributed by atoms with Crippen molar-refractivity contribution in [1.29, 1.82) is 0 Å². The highest BCUT2D eigenvalue weighted by Crippen LogP contribution is 2.41. The Morgan fingerprint density at radius 2 is 1.85 bits per heavy atom. The molecule has 0 amide bonds. The zero-order valence-electron chi connectivity index (χ0n) is 19.2. The quantitative estimate of drug-likeness (QED) is 0.293. The van der Waals surface area contributed by atoms with Gasteiger partial charge in [0.05, 0.1) is 13.7 Å². The number of ether oxygens (including phenoxy) is 3. The Morgan fingerprint density at radius 1 is 1.12 bits per heavy atom. The number of pyridine rings is 1. The van der Waals surface area contributed by atoms with Gasteiger partial charge in [0.15, 0.2) is 27.5 Å². The van der Waals surface area contributed by atoms with Crippen molar-refractivity contribution in [2.75, 3.05) is 31.3 Å². The molecule has 0 saturated carbocycles. The first-order chi connectivity index (χ1) is 16.3. The van der Waals surface area contributed by atoms with Crippen LogP contribution in [-0.2, 0) is 10.0 Å². The Labute approximate surface area is 202 Å². The van der Waals surface area contributed by atoms with Crippen molar-refractivity contribution >= 4 is 27.6 Å². The molecule has 2 N–H and O–H groups in total. The van der Waals surface area contributed by atoms with E-state index in [-0.39, 0.29) is 46.8 Å². The number of aromatic nitrogens is 3. The van der Waals surface area contributed by atoms with Gasteiger partial charge in [0, 0.05) is 6.20 Å². The van der Waals surface area contributed by atoms with Crippen molar-refractivity contribution in [3.05, 3.63) is 48.2 Å². The van der Waals surface area contributed by atoms with Crippen molar-refractivity contribution in [2.45, 2.75) is 29.9 Å². The van der Waals surface area contributed by atoms with Crippen LogP contribution >= 0.6 is 11.8 Å². The van der Waals surface area contributed by atoms with Crippen LogP contribution in [0.25, 0.3) is 0 Å². The standard InChI is InChI=1S/C22H26N4O6S2/c1-14(2)15-9-10-18(23-13-15)34(28,29)26-20-19(32-17-8-6-5-7-16(17)30-3)21(31-12-11-27)25-22(24-20)33-4/h5-10,13-14,27H,11-12H2,1-4H3,(H,24,25,26). The molecule has 10 nitrogen and oxygen atoms in total. The lowest BCUT2D eigenvalue weighted by molar-refractivity contribution is 0.191. The summed E-state index contributed by atoms with van der Waals surface area (Å²) in [7, 11) is -2.64. The van der Waals surface area contributed by atoms with E-state index in [1.54, 1.807) is 36.6 Å². The lowest BCUT2D eigenvalue weighted by Gasteiger charge is -2.17. The second-order valence-electron chi connectivity index (χ2n) is 7.21. The molecule has 3 aromatic rings. The number of benzene rings is 1. The summed E-state index contributed by atoms with van der Waals surface area (Å²) in [6.07, 6.45) is 3.25. The van der Waals surface area contributed by atoms with E-state index in [1.807, 2.05) is 13.8 Å². The minimum Gasteiger partial charge on any atom is -0.493 e. The topological polar surface area (TPSA) is 133 Å². The van der Waals surface area contributed by atoms with Gasteiger partial charge >= 0.3 is 0 Å². The Kier molecular flexibility index (Phi) is 8.53. The van der Waals surface area contributed by atoms with Crippen LogP contribution in [0.2, 0.25) is 0 Å². The third kappa shape index (κ3) is 6.07. The lowest BCUT2D eigenvalue weighted by Crippen LogP contribution is -2.17. The van der Waals surface area contributed by atoms with Gasteiger partial charge in [0.1, 0.15) is 6.61 Å².